The molecule has 2 aromatic carbocycles. The molecule has 0 aliphatic carbocycles. The molecule has 2 aromatic rings. The average Bonchev–Trinajstić information content (AvgIpc) is 3.23. The monoisotopic (exact) mass is 595 g/mol. The molecule has 0 radical (unpaired) electrons. The SMILES string of the molecule is CC(C)(C)[Si](C)(C)Oc1ccc(F)c(CC(CN2CCC3(CC2)OCc2ccccc23)C(=O)OC(=O)C(F)(F)F)c1. The molecule has 1 spiro atoms. The highest BCUT2D eigenvalue weighted by molar-refractivity contribution is 6.74. The van der Waals surface area contributed by atoms with Crippen molar-refractivity contribution >= 4 is 20.3 Å². The number of esters is 2. The second-order valence-electron chi connectivity index (χ2n) is 12.5. The van der Waals surface area contributed by atoms with Crippen molar-refractivity contribution in [2.24, 2.45) is 5.92 Å². The van der Waals surface area contributed by atoms with Crippen LogP contribution in [-0.4, -0.2) is 51.0 Å². The minimum Gasteiger partial charge on any atom is -0.543 e. The molecule has 0 aromatic heterocycles. The lowest BCUT2D eigenvalue weighted by atomic mass is 9.83. The molecular formula is C30H37F4NO5Si. The smallest absolute Gasteiger partial charge is 0.491 e. The van der Waals surface area contributed by atoms with Crippen molar-refractivity contribution in [1.82, 2.24) is 4.90 Å². The summed E-state index contributed by atoms with van der Waals surface area (Å²) in [6.07, 6.45) is -4.34. The number of benzene rings is 2. The van der Waals surface area contributed by atoms with Crippen LogP contribution in [0.15, 0.2) is 42.5 Å². The lowest BCUT2D eigenvalue weighted by Crippen LogP contribution is -2.46. The van der Waals surface area contributed by atoms with Gasteiger partial charge >= 0.3 is 18.1 Å². The number of carbonyl (C=O) groups is 2. The fourth-order valence-electron chi connectivity index (χ4n) is 5.15. The number of hydrogen-bond acceptors (Lipinski definition) is 6. The van der Waals surface area contributed by atoms with Crippen LogP contribution in [0.25, 0.3) is 0 Å². The average molecular weight is 596 g/mol. The number of rotatable bonds is 7. The van der Waals surface area contributed by atoms with E-state index in [1.165, 1.54) is 18.2 Å². The van der Waals surface area contributed by atoms with Crippen molar-refractivity contribution in [2.75, 3.05) is 19.6 Å². The second kappa shape index (κ2) is 11.5. The summed E-state index contributed by atoms with van der Waals surface area (Å²) in [5.41, 5.74) is 1.91. The van der Waals surface area contributed by atoms with Crippen molar-refractivity contribution in [1.29, 1.82) is 0 Å². The van der Waals surface area contributed by atoms with Gasteiger partial charge in [0, 0.05) is 19.6 Å². The first-order valence-corrected chi connectivity index (χ1v) is 16.7. The molecule has 0 saturated carbocycles. The Balaban J connectivity index is 1.52. The molecule has 1 atom stereocenters. The van der Waals surface area contributed by atoms with Crippen LogP contribution in [0.3, 0.4) is 0 Å². The summed E-state index contributed by atoms with van der Waals surface area (Å²) in [5, 5.41) is -0.124. The Morgan fingerprint density at radius 3 is 2.37 bits per heavy atom. The van der Waals surface area contributed by atoms with E-state index in [9.17, 15) is 27.2 Å². The number of carbonyl (C=O) groups excluding carboxylic acids is 2. The van der Waals surface area contributed by atoms with Gasteiger partial charge in [0.05, 0.1) is 18.1 Å². The standard InChI is InChI=1S/C30H37F4NO5Si/c1-28(2,3)41(4,5)40-23-10-11-25(31)21(17-23)16-22(26(36)39-27(37)30(32,33)34)18-35-14-12-29(13-15-35)24-9-7-6-8-20(24)19-38-29/h6-11,17,22H,12-16,18-19H2,1-5H3. The van der Waals surface area contributed by atoms with Gasteiger partial charge in [0.2, 0.25) is 8.32 Å². The number of halogens is 4. The van der Waals surface area contributed by atoms with Crippen LogP contribution in [0.1, 0.15) is 50.3 Å². The molecule has 4 rings (SSSR count). The quantitative estimate of drug-likeness (QED) is 0.157. The number of alkyl halides is 3. The summed E-state index contributed by atoms with van der Waals surface area (Å²) < 4.78 is 70.3. The van der Waals surface area contributed by atoms with Crippen molar-refractivity contribution < 1.29 is 41.1 Å². The Labute approximate surface area is 239 Å². The Hall–Kier alpha value is -2.76. The van der Waals surface area contributed by atoms with E-state index >= 15 is 0 Å². The first-order chi connectivity index (χ1) is 19.0. The van der Waals surface area contributed by atoms with Gasteiger partial charge in [-0.15, -0.1) is 0 Å². The summed E-state index contributed by atoms with van der Waals surface area (Å²) >= 11 is 0. The molecule has 0 N–H and O–H groups in total. The summed E-state index contributed by atoms with van der Waals surface area (Å²) in [4.78, 5) is 26.3. The van der Waals surface area contributed by atoms with Crippen LogP contribution >= 0.6 is 0 Å². The van der Waals surface area contributed by atoms with Gasteiger partial charge in [0.15, 0.2) is 0 Å². The molecular weight excluding hydrogens is 558 g/mol. The lowest BCUT2D eigenvalue weighted by Gasteiger charge is -2.40. The van der Waals surface area contributed by atoms with Crippen molar-refractivity contribution in [3.05, 3.63) is 65.0 Å². The molecule has 2 aliphatic rings. The second-order valence-corrected chi connectivity index (χ2v) is 17.2. The number of nitrogens with zero attached hydrogens (tertiary/aromatic N) is 1. The van der Waals surface area contributed by atoms with Crippen LogP contribution < -0.4 is 4.43 Å². The van der Waals surface area contributed by atoms with E-state index in [4.69, 9.17) is 9.16 Å². The van der Waals surface area contributed by atoms with E-state index in [0.29, 0.717) is 38.3 Å². The number of piperidine rings is 1. The highest BCUT2D eigenvalue weighted by Crippen LogP contribution is 2.44. The first kappa shape index (κ1) is 31.2. The topological polar surface area (TPSA) is 65.1 Å². The van der Waals surface area contributed by atoms with Gasteiger partial charge in [-0.2, -0.15) is 13.2 Å². The Bertz CT molecular complexity index is 1280. The van der Waals surface area contributed by atoms with E-state index in [1.807, 2.05) is 42.3 Å². The molecule has 41 heavy (non-hydrogen) atoms. The van der Waals surface area contributed by atoms with Gasteiger partial charge in [-0.3, -0.25) is 4.79 Å². The third kappa shape index (κ3) is 7.01. The number of hydrogen-bond donors (Lipinski definition) is 0. The Morgan fingerprint density at radius 1 is 1.07 bits per heavy atom. The fourth-order valence-corrected chi connectivity index (χ4v) is 6.17. The Morgan fingerprint density at radius 2 is 1.73 bits per heavy atom. The van der Waals surface area contributed by atoms with Gasteiger partial charge in [-0.25, -0.2) is 9.18 Å². The predicted octanol–water partition coefficient (Wildman–Crippen LogP) is 6.52. The highest BCUT2D eigenvalue weighted by Gasteiger charge is 2.45. The van der Waals surface area contributed by atoms with Crippen LogP contribution in [0.2, 0.25) is 18.1 Å². The minimum absolute atomic E-state index is 0.00550. The van der Waals surface area contributed by atoms with Gasteiger partial charge in [-0.05, 0) is 72.3 Å². The lowest BCUT2D eigenvalue weighted by molar-refractivity contribution is -0.203. The van der Waals surface area contributed by atoms with Crippen LogP contribution in [0.4, 0.5) is 17.6 Å². The first-order valence-electron chi connectivity index (χ1n) is 13.8. The molecule has 2 aliphatic heterocycles. The van der Waals surface area contributed by atoms with E-state index in [-0.39, 0.29) is 23.6 Å². The van der Waals surface area contributed by atoms with Gasteiger partial charge < -0.3 is 18.8 Å². The third-order valence-electron chi connectivity index (χ3n) is 8.58. The molecule has 0 bridgehead atoms. The minimum atomic E-state index is -5.33. The van der Waals surface area contributed by atoms with E-state index in [0.717, 1.165) is 11.1 Å². The normalized spacial score (nSPS) is 18.2. The fraction of sp³-hybridized carbons (Fsp3) is 0.533. The van der Waals surface area contributed by atoms with Crippen LogP contribution in [-0.2, 0) is 37.7 Å². The maximum Gasteiger partial charge on any atom is 0.491 e. The summed E-state index contributed by atoms with van der Waals surface area (Å²) in [5.74, 6) is -5.35. The van der Waals surface area contributed by atoms with E-state index in [2.05, 4.69) is 25.5 Å². The zero-order valence-corrected chi connectivity index (χ0v) is 25.1. The Kier molecular flexibility index (Phi) is 8.74. The van der Waals surface area contributed by atoms with Gasteiger partial charge in [0.25, 0.3) is 0 Å². The molecule has 224 valence electrons. The van der Waals surface area contributed by atoms with Crippen LogP contribution in [0, 0.1) is 11.7 Å². The summed E-state index contributed by atoms with van der Waals surface area (Å²) in [7, 11) is -2.27. The molecule has 1 unspecified atom stereocenters. The molecule has 6 nitrogen and oxygen atoms in total. The van der Waals surface area contributed by atoms with Crippen molar-refractivity contribution in [3.8, 4) is 5.75 Å². The van der Waals surface area contributed by atoms with Crippen molar-refractivity contribution in [2.45, 2.75) is 76.6 Å². The zero-order valence-electron chi connectivity index (χ0n) is 24.1. The molecule has 11 heteroatoms. The molecule has 1 saturated heterocycles. The van der Waals surface area contributed by atoms with Crippen molar-refractivity contribution in [3.63, 3.8) is 0 Å². The number of fused-ring (bicyclic) bond motifs is 2. The van der Waals surface area contributed by atoms with Gasteiger partial charge in [-0.1, -0.05) is 45.0 Å². The van der Waals surface area contributed by atoms with E-state index < -0.39 is 43.8 Å². The maximum absolute atomic E-state index is 15.0. The van der Waals surface area contributed by atoms with Crippen LogP contribution in [0.5, 0.6) is 5.75 Å². The molecule has 0 amide bonds. The third-order valence-corrected chi connectivity index (χ3v) is 12.9. The molecule has 2 heterocycles. The summed E-state index contributed by atoms with van der Waals surface area (Å²) in [6.45, 7) is 11.8. The highest BCUT2D eigenvalue weighted by atomic mass is 28.4. The van der Waals surface area contributed by atoms with E-state index in [1.54, 1.807) is 0 Å². The predicted molar refractivity (Wildman–Crippen MR) is 147 cm³/mol. The molecule has 1 fully saturated rings. The number of likely N-dealkylation sites (tertiary alicyclic amines) is 1. The maximum atomic E-state index is 15.0. The number of ether oxygens (including phenoxy) is 2. The largest absolute Gasteiger partial charge is 0.543 e. The summed E-state index contributed by atoms with van der Waals surface area (Å²) in [6, 6.07) is 12.2. The zero-order chi connectivity index (χ0) is 30.2. The van der Waals surface area contributed by atoms with Gasteiger partial charge in [0.1, 0.15) is 11.6 Å².